The Morgan fingerprint density at radius 1 is 1.12 bits per heavy atom. The van der Waals surface area contributed by atoms with Crippen molar-refractivity contribution in [2.24, 2.45) is 4.99 Å². The zero-order valence-electron chi connectivity index (χ0n) is 15.2. The molecule has 0 spiro atoms. The summed E-state index contributed by atoms with van der Waals surface area (Å²) in [7, 11) is 0. The quantitative estimate of drug-likeness (QED) is 0.268. The number of piperidine rings is 1. The summed E-state index contributed by atoms with van der Waals surface area (Å²) in [4.78, 5) is 7.39. The second-order valence-corrected chi connectivity index (χ2v) is 6.85. The van der Waals surface area contributed by atoms with Crippen LogP contribution in [-0.4, -0.2) is 63.9 Å². The number of hydrogen-bond acceptors (Lipinski definition) is 4. The molecule has 0 unspecified atom stereocenters. The number of likely N-dealkylation sites (tertiary alicyclic amines) is 1. The lowest BCUT2D eigenvalue weighted by atomic mass is 10.1. The average Bonchev–Trinajstić information content (AvgIpc) is 3.32. The first-order valence-electron chi connectivity index (χ1n) is 9.46. The lowest BCUT2D eigenvalue weighted by Crippen LogP contribution is -2.49. The molecule has 25 heavy (non-hydrogen) atoms. The van der Waals surface area contributed by atoms with Gasteiger partial charge in [-0.15, -0.1) is 34.2 Å². The maximum atomic E-state index is 4.73. The molecule has 0 radical (unpaired) electrons. The minimum atomic E-state index is 0. The molecule has 1 aromatic rings. The van der Waals surface area contributed by atoms with Crippen LogP contribution in [0.4, 0.5) is 0 Å². The molecule has 0 bridgehead atoms. The average molecular weight is 461 g/mol. The number of hydrogen-bond donors (Lipinski definition) is 2. The fraction of sp³-hybridized carbons (Fsp3) is 0.824. The Bertz CT molecular complexity index is 493. The van der Waals surface area contributed by atoms with E-state index in [-0.39, 0.29) is 24.0 Å². The van der Waals surface area contributed by atoms with E-state index in [1.807, 2.05) is 4.57 Å². The predicted molar refractivity (Wildman–Crippen MR) is 111 cm³/mol. The fourth-order valence-electron chi connectivity index (χ4n) is 3.30. The van der Waals surface area contributed by atoms with E-state index >= 15 is 0 Å². The van der Waals surface area contributed by atoms with Crippen molar-refractivity contribution in [3.05, 3.63) is 12.7 Å². The van der Waals surface area contributed by atoms with E-state index in [0.29, 0.717) is 6.04 Å². The van der Waals surface area contributed by atoms with E-state index < -0.39 is 0 Å². The SMILES string of the molecule is CCNC(=NCCCCn1cnnc1)NC1CCN(C2CC2)CC1.I. The molecule has 1 saturated heterocycles. The van der Waals surface area contributed by atoms with Crippen molar-refractivity contribution in [2.45, 2.75) is 64.1 Å². The molecule has 8 heteroatoms. The van der Waals surface area contributed by atoms with Gasteiger partial charge in [0, 0.05) is 44.8 Å². The summed E-state index contributed by atoms with van der Waals surface area (Å²) >= 11 is 0. The number of aryl methyl sites for hydroxylation is 1. The van der Waals surface area contributed by atoms with Gasteiger partial charge in [-0.05, 0) is 45.4 Å². The minimum absolute atomic E-state index is 0. The van der Waals surface area contributed by atoms with Crippen LogP contribution in [0.25, 0.3) is 0 Å². The van der Waals surface area contributed by atoms with Crippen molar-refractivity contribution in [1.82, 2.24) is 30.3 Å². The van der Waals surface area contributed by atoms with Crippen LogP contribution in [0.1, 0.15) is 45.4 Å². The summed E-state index contributed by atoms with van der Waals surface area (Å²) in [5.41, 5.74) is 0. The number of guanidine groups is 1. The fourth-order valence-corrected chi connectivity index (χ4v) is 3.30. The van der Waals surface area contributed by atoms with Crippen molar-refractivity contribution >= 4 is 29.9 Å². The number of nitrogens with zero attached hydrogens (tertiary/aromatic N) is 5. The molecule has 3 rings (SSSR count). The monoisotopic (exact) mass is 461 g/mol. The second-order valence-electron chi connectivity index (χ2n) is 6.85. The molecule has 2 N–H and O–H groups in total. The van der Waals surface area contributed by atoms with Crippen LogP contribution < -0.4 is 10.6 Å². The third-order valence-corrected chi connectivity index (χ3v) is 4.84. The van der Waals surface area contributed by atoms with Gasteiger partial charge in [0.15, 0.2) is 5.96 Å². The van der Waals surface area contributed by atoms with E-state index in [0.717, 1.165) is 44.5 Å². The highest BCUT2D eigenvalue weighted by Crippen LogP contribution is 2.29. The summed E-state index contributed by atoms with van der Waals surface area (Å²) in [6, 6.07) is 1.47. The van der Waals surface area contributed by atoms with Gasteiger partial charge in [0.2, 0.25) is 0 Å². The van der Waals surface area contributed by atoms with Crippen LogP contribution in [-0.2, 0) is 6.54 Å². The van der Waals surface area contributed by atoms with E-state index in [1.165, 1.54) is 38.8 Å². The second kappa shape index (κ2) is 10.9. The Morgan fingerprint density at radius 2 is 1.84 bits per heavy atom. The Labute approximate surface area is 168 Å². The zero-order chi connectivity index (χ0) is 16.6. The number of unbranched alkanes of at least 4 members (excludes halogenated alkanes) is 1. The van der Waals surface area contributed by atoms with Crippen molar-refractivity contribution in [2.75, 3.05) is 26.2 Å². The zero-order valence-corrected chi connectivity index (χ0v) is 17.6. The molecule has 1 aliphatic heterocycles. The lowest BCUT2D eigenvalue weighted by molar-refractivity contribution is 0.197. The van der Waals surface area contributed by atoms with Gasteiger partial charge in [-0.1, -0.05) is 0 Å². The van der Waals surface area contributed by atoms with E-state index in [4.69, 9.17) is 4.99 Å². The Kier molecular flexibility index (Phi) is 8.94. The van der Waals surface area contributed by atoms with Gasteiger partial charge in [0.25, 0.3) is 0 Å². The molecule has 1 aliphatic carbocycles. The largest absolute Gasteiger partial charge is 0.357 e. The Balaban J connectivity index is 0.00000225. The van der Waals surface area contributed by atoms with Gasteiger partial charge >= 0.3 is 0 Å². The van der Waals surface area contributed by atoms with Crippen LogP contribution in [0.15, 0.2) is 17.6 Å². The molecular formula is C17H32IN7. The van der Waals surface area contributed by atoms with Gasteiger partial charge in [-0.25, -0.2) is 0 Å². The van der Waals surface area contributed by atoms with Crippen LogP contribution in [0.3, 0.4) is 0 Å². The number of rotatable bonds is 8. The number of nitrogens with one attached hydrogen (secondary N) is 2. The molecular weight excluding hydrogens is 429 g/mol. The number of halogens is 1. The van der Waals surface area contributed by atoms with E-state index in [9.17, 15) is 0 Å². The highest BCUT2D eigenvalue weighted by atomic mass is 127. The topological polar surface area (TPSA) is 70.4 Å². The highest BCUT2D eigenvalue weighted by Gasteiger charge is 2.31. The van der Waals surface area contributed by atoms with Crippen molar-refractivity contribution in [1.29, 1.82) is 0 Å². The molecule has 2 heterocycles. The van der Waals surface area contributed by atoms with Crippen LogP contribution in [0, 0.1) is 0 Å². The van der Waals surface area contributed by atoms with E-state index in [2.05, 4.69) is 32.7 Å². The number of aliphatic imine (C=N–C) groups is 1. The molecule has 1 aromatic heterocycles. The van der Waals surface area contributed by atoms with Crippen molar-refractivity contribution in [3.8, 4) is 0 Å². The first-order chi connectivity index (χ1) is 11.8. The van der Waals surface area contributed by atoms with Gasteiger partial charge < -0.3 is 20.1 Å². The third kappa shape index (κ3) is 7.08. The molecule has 7 nitrogen and oxygen atoms in total. The van der Waals surface area contributed by atoms with Crippen molar-refractivity contribution in [3.63, 3.8) is 0 Å². The van der Waals surface area contributed by atoms with Gasteiger partial charge in [-0.2, -0.15) is 0 Å². The van der Waals surface area contributed by atoms with Gasteiger partial charge in [-0.3, -0.25) is 4.99 Å². The predicted octanol–water partition coefficient (Wildman–Crippen LogP) is 1.86. The summed E-state index contributed by atoms with van der Waals surface area (Å²) in [6.45, 7) is 7.33. The Hall–Kier alpha value is -0.900. The van der Waals surface area contributed by atoms with Gasteiger partial charge in [0.1, 0.15) is 12.7 Å². The van der Waals surface area contributed by atoms with Crippen LogP contribution in [0.5, 0.6) is 0 Å². The first-order valence-corrected chi connectivity index (χ1v) is 9.46. The Morgan fingerprint density at radius 3 is 2.48 bits per heavy atom. The molecule has 0 atom stereocenters. The molecule has 2 fully saturated rings. The smallest absolute Gasteiger partial charge is 0.191 e. The standard InChI is InChI=1S/C17H31N7.HI/c1-2-18-17(19-9-3-4-10-23-13-20-21-14-23)22-15-7-11-24(12-8-15)16-5-6-16;/h13-16H,2-12H2,1H3,(H2,18,19,22);1H. The molecule has 1 saturated carbocycles. The highest BCUT2D eigenvalue weighted by molar-refractivity contribution is 14.0. The normalized spacial score (nSPS) is 19.5. The molecule has 142 valence electrons. The maximum Gasteiger partial charge on any atom is 0.191 e. The van der Waals surface area contributed by atoms with Crippen molar-refractivity contribution < 1.29 is 0 Å². The van der Waals surface area contributed by atoms with Crippen LogP contribution >= 0.6 is 24.0 Å². The molecule has 0 aromatic carbocycles. The first kappa shape index (κ1) is 20.4. The van der Waals surface area contributed by atoms with Gasteiger partial charge in [0.05, 0.1) is 0 Å². The van der Waals surface area contributed by atoms with Crippen LogP contribution in [0.2, 0.25) is 0 Å². The van der Waals surface area contributed by atoms with E-state index in [1.54, 1.807) is 12.7 Å². The lowest BCUT2D eigenvalue weighted by Gasteiger charge is -2.33. The minimum Gasteiger partial charge on any atom is -0.357 e. The molecule has 0 amide bonds. The summed E-state index contributed by atoms with van der Waals surface area (Å²) in [5, 5.41) is 14.7. The third-order valence-electron chi connectivity index (χ3n) is 4.84. The summed E-state index contributed by atoms with van der Waals surface area (Å²) < 4.78 is 2.01. The maximum absolute atomic E-state index is 4.73. The molecule has 2 aliphatic rings. The summed E-state index contributed by atoms with van der Waals surface area (Å²) in [6.07, 6.45) is 11.0. The number of aromatic nitrogens is 3. The summed E-state index contributed by atoms with van der Waals surface area (Å²) in [5.74, 6) is 0.978.